The number of carbonyl (C=O) groups excluding carboxylic acids is 2. The Morgan fingerprint density at radius 3 is 2.68 bits per heavy atom. The highest BCUT2D eigenvalue weighted by Crippen LogP contribution is 2.35. The molecule has 0 saturated carbocycles. The van der Waals surface area contributed by atoms with E-state index in [0.29, 0.717) is 28.4 Å². The number of hydrogen-bond donors (Lipinski definition) is 3. The third-order valence-corrected chi connectivity index (χ3v) is 5.12. The van der Waals surface area contributed by atoms with Crippen LogP contribution in [0.4, 0.5) is 29.7 Å². The maximum Gasteiger partial charge on any atom is 0.416 e. The maximum atomic E-state index is 12.8. The Kier molecular flexibility index (Phi) is 7.50. The average molecular weight is 497 g/mol. The summed E-state index contributed by atoms with van der Waals surface area (Å²) in [4.78, 5) is 37.6. The van der Waals surface area contributed by atoms with Gasteiger partial charge in [0.25, 0.3) is 5.69 Å². The van der Waals surface area contributed by atoms with Crippen molar-refractivity contribution >= 4 is 39.7 Å². The van der Waals surface area contributed by atoms with Crippen LogP contribution in [0.25, 0.3) is 11.5 Å². The molecule has 0 unspecified atom stereocenters. The first-order valence-corrected chi connectivity index (χ1v) is 10.6. The van der Waals surface area contributed by atoms with Gasteiger partial charge in [0, 0.05) is 31.3 Å². The molecule has 0 radical (unpaired) electrons. The highest BCUT2D eigenvalue weighted by Gasteiger charge is 2.33. The minimum Gasteiger partial charge on any atom is -0.458 e. The Balaban J connectivity index is 1.54. The van der Waals surface area contributed by atoms with Crippen LogP contribution in [0.5, 0.6) is 0 Å². The number of nitrogens with one attached hydrogen (secondary N) is 3. The normalized spacial score (nSPS) is 11.2. The van der Waals surface area contributed by atoms with Gasteiger partial charge in [-0.1, -0.05) is 0 Å². The van der Waals surface area contributed by atoms with E-state index in [2.05, 4.69) is 20.9 Å². The summed E-state index contributed by atoms with van der Waals surface area (Å²) in [6, 6.07) is 5.49. The molecular weight excluding hydrogens is 479 g/mol. The zero-order valence-corrected chi connectivity index (χ0v) is 18.4. The van der Waals surface area contributed by atoms with Crippen LogP contribution >= 0.6 is 11.3 Å². The number of rotatable bonds is 9. The first kappa shape index (κ1) is 24.7. The number of alkyl halides is 3. The van der Waals surface area contributed by atoms with E-state index in [9.17, 15) is 32.9 Å². The number of nitrogens with zero attached hydrogens (tertiary/aromatic N) is 2. The Morgan fingerprint density at radius 2 is 2.00 bits per heavy atom. The zero-order chi connectivity index (χ0) is 24.9. The van der Waals surface area contributed by atoms with Gasteiger partial charge in [-0.25, -0.2) is 4.98 Å². The van der Waals surface area contributed by atoms with Gasteiger partial charge in [0.05, 0.1) is 17.0 Å². The molecule has 3 rings (SSSR count). The fourth-order valence-corrected chi connectivity index (χ4v) is 3.48. The topological polar surface area (TPSA) is 139 Å². The van der Waals surface area contributed by atoms with Crippen molar-refractivity contribution in [2.24, 2.45) is 0 Å². The summed E-state index contributed by atoms with van der Waals surface area (Å²) in [5.41, 5.74) is -1.53. The van der Waals surface area contributed by atoms with E-state index in [1.54, 1.807) is 17.5 Å². The number of hydrogen-bond acceptors (Lipinski definition) is 8. The van der Waals surface area contributed by atoms with Crippen LogP contribution in [0.15, 0.2) is 40.1 Å². The molecular formula is C20H18F3N5O5S. The lowest BCUT2D eigenvalue weighted by Crippen LogP contribution is -2.18. The number of aromatic nitrogens is 1. The lowest BCUT2D eigenvalue weighted by Gasteiger charge is -2.10. The summed E-state index contributed by atoms with van der Waals surface area (Å²) >= 11 is 1.15. The molecule has 0 fully saturated rings. The van der Waals surface area contributed by atoms with Crippen molar-refractivity contribution in [3.8, 4) is 11.5 Å². The molecule has 3 aromatic rings. The van der Waals surface area contributed by atoms with Crippen molar-refractivity contribution in [1.82, 2.24) is 10.3 Å². The van der Waals surface area contributed by atoms with Crippen molar-refractivity contribution < 1.29 is 32.1 Å². The fourth-order valence-electron chi connectivity index (χ4n) is 2.77. The summed E-state index contributed by atoms with van der Waals surface area (Å²) in [5, 5.41) is 20.9. The van der Waals surface area contributed by atoms with E-state index >= 15 is 0 Å². The molecule has 34 heavy (non-hydrogen) atoms. The van der Waals surface area contributed by atoms with Gasteiger partial charge in [-0.2, -0.15) is 13.2 Å². The first-order valence-electron chi connectivity index (χ1n) is 9.71. The summed E-state index contributed by atoms with van der Waals surface area (Å²) < 4.78 is 43.9. The van der Waals surface area contributed by atoms with Crippen molar-refractivity contribution in [3.63, 3.8) is 0 Å². The third kappa shape index (κ3) is 6.54. The standard InChI is InChI=1S/C20H18F3N5O5S/c1-11(29)25-9-13-3-5-17(33-13)15-10-34-19(26-15)27-18(30)6-7-24-14-4-2-12(20(21,22)23)8-16(14)28(31)32/h2-5,8,10,24H,6-7,9H2,1H3,(H,25,29)(H,26,27,30). The quantitative estimate of drug-likeness (QED) is 0.294. The van der Waals surface area contributed by atoms with E-state index in [1.165, 1.54) is 6.92 Å². The molecule has 0 aliphatic carbocycles. The Morgan fingerprint density at radius 1 is 1.24 bits per heavy atom. The molecule has 0 aliphatic rings. The monoisotopic (exact) mass is 497 g/mol. The van der Waals surface area contributed by atoms with Gasteiger partial charge in [-0.15, -0.1) is 11.3 Å². The van der Waals surface area contributed by atoms with Crippen molar-refractivity contribution in [2.75, 3.05) is 17.2 Å². The molecule has 0 spiro atoms. The molecule has 180 valence electrons. The zero-order valence-electron chi connectivity index (χ0n) is 17.6. The highest BCUT2D eigenvalue weighted by atomic mass is 32.1. The van der Waals surface area contributed by atoms with Crippen LogP contribution in [0, 0.1) is 10.1 Å². The molecule has 14 heteroatoms. The minimum atomic E-state index is -4.71. The number of nitro benzene ring substituents is 1. The lowest BCUT2D eigenvalue weighted by molar-refractivity contribution is -0.384. The number of anilines is 2. The number of amides is 2. The van der Waals surface area contributed by atoms with Crippen LogP contribution in [0.1, 0.15) is 24.7 Å². The summed E-state index contributed by atoms with van der Waals surface area (Å²) in [7, 11) is 0. The molecule has 0 bridgehead atoms. The SMILES string of the molecule is CC(=O)NCc1ccc(-c2csc(NC(=O)CCNc3ccc(C(F)(F)F)cc3[N+](=O)[O-])n2)o1. The predicted molar refractivity (Wildman–Crippen MR) is 117 cm³/mol. The van der Waals surface area contributed by atoms with Crippen molar-refractivity contribution in [2.45, 2.75) is 26.1 Å². The van der Waals surface area contributed by atoms with Crippen LogP contribution in [-0.2, 0) is 22.3 Å². The van der Waals surface area contributed by atoms with Gasteiger partial charge in [-0.05, 0) is 24.3 Å². The second-order valence-electron chi connectivity index (χ2n) is 6.93. The van der Waals surface area contributed by atoms with Crippen molar-refractivity contribution in [1.29, 1.82) is 0 Å². The van der Waals surface area contributed by atoms with E-state index in [4.69, 9.17) is 4.42 Å². The molecule has 2 aromatic heterocycles. The lowest BCUT2D eigenvalue weighted by atomic mass is 10.1. The summed E-state index contributed by atoms with van der Waals surface area (Å²) in [6.45, 7) is 1.56. The van der Waals surface area contributed by atoms with Crippen LogP contribution in [0.2, 0.25) is 0 Å². The second kappa shape index (κ2) is 10.3. The van der Waals surface area contributed by atoms with Crippen LogP contribution in [0.3, 0.4) is 0 Å². The van der Waals surface area contributed by atoms with E-state index in [-0.39, 0.29) is 31.1 Å². The number of thiazole rings is 1. The number of carbonyl (C=O) groups is 2. The molecule has 0 saturated heterocycles. The van der Waals surface area contributed by atoms with Crippen LogP contribution < -0.4 is 16.0 Å². The minimum absolute atomic E-state index is 0.0546. The van der Waals surface area contributed by atoms with Crippen LogP contribution in [-0.4, -0.2) is 28.3 Å². The molecule has 2 heterocycles. The first-order chi connectivity index (χ1) is 16.0. The van der Waals surface area contributed by atoms with E-state index in [0.717, 1.165) is 23.5 Å². The largest absolute Gasteiger partial charge is 0.458 e. The van der Waals surface area contributed by atoms with Gasteiger partial charge < -0.3 is 20.4 Å². The molecule has 0 atom stereocenters. The Bertz CT molecular complexity index is 1210. The van der Waals surface area contributed by atoms with Gasteiger partial charge in [-0.3, -0.25) is 19.7 Å². The van der Waals surface area contributed by atoms with Gasteiger partial charge in [0.1, 0.15) is 17.1 Å². The molecule has 2 amide bonds. The Hall–Kier alpha value is -3.94. The van der Waals surface area contributed by atoms with Gasteiger partial charge in [0.15, 0.2) is 10.9 Å². The molecule has 1 aromatic carbocycles. The summed E-state index contributed by atoms with van der Waals surface area (Å²) in [6.07, 6.45) is -4.83. The number of nitro groups is 1. The van der Waals surface area contributed by atoms with Gasteiger partial charge >= 0.3 is 6.18 Å². The maximum absolute atomic E-state index is 12.8. The predicted octanol–water partition coefficient (Wildman–Crippen LogP) is 4.41. The van der Waals surface area contributed by atoms with Crippen molar-refractivity contribution in [3.05, 3.63) is 57.1 Å². The van der Waals surface area contributed by atoms with E-state index in [1.807, 2.05) is 0 Å². The third-order valence-electron chi connectivity index (χ3n) is 4.37. The Labute approximate surface area is 194 Å². The van der Waals surface area contributed by atoms with Gasteiger partial charge in [0.2, 0.25) is 11.8 Å². The molecule has 10 nitrogen and oxygen atoms in total. The highest BCUT2D eigenvalue weighted by molar-refractivity contribution is 7.14. The van der Waals surface area contributed by atoms with E-state index < -0.39 is 28.3 Å². The average Bonchev–Trinajstić information content (AvgIpc) is 3.41. The molecule has 3 N–H and O–H groups in total. The number of benzene rings is 1. The molecule has 0 aliphatic heterocycles. The second-order valence-corrected chi connectivity index (χ2v) is 7.78. The smallest absolute Gasteiger partial charge is 0.416 e. The number of furan rings is 1. The summed E-state index contributed by atoms with van der Waals surface area (Å²) in [5.74, 6) is 0.341. The number of halogens is 3. The fraction of sp³-hybridized carbons (Fsp3) is 0.250.